The lowest BCUT2D eigenvalue weighted by molar-refractivity contribution is -0.0220. The number of H-pyrrole nitrogens is 1. The minimum Gasteiger partial charge on any atom is -0.372 e. The monoisotopic (exact) mass is 314 g/mol. The summed E-state index contributed by atoms with van der Waals surface area (Å²) >= 11 is 5.97. The number of aromatic amines is 1. The van der Waals surface area contributed by atoms with Crippen LogP contribution >= 0.6 is 11.6 Å². The molecule has 0 bridgehead atoms. The number of carbonyl (C=O) groups excluding carboxylic acids is 1. The number of hydrogen-bond donors (Lipinski definition) is 3. The average molecular weight is 315 g/mol. The molecule has 2 rings (SSSR count). The van der Waals surface area contributed by atoms with E-state index in [0.29, 0.717) is 11.6 Å². The van der Waals surface area contributed by atoms with Gasteiger partial charge in [0.15, 0.2) is 11.0 Å². The number of nitrogens with one attached hydrogen (secondary N) is 3. The van der Waals surface area contributed by atoms with Gasteiger partial charge in [-0.1, -0.05) is 18.5 Å². The Morgan fingerprint density at radius 3 is 2.95 bits per heavy atom. The van der Waals surface area contributed by atoms with Crippen molar-refractivity contribution in [2.45, 2.75) is 51.9 Å². The summed E-state index contributed by atoms with van der Waals surface area (Å²) in [6.45, 7) is 7.55. The lowest BCUT2D eigenvalue weighted by Gasteiger charge is -2.33. The molecule has 1 aliphatic heterocycles. The van der Waals surface area contributed by atoms with Crippen LogP contribution in [0.3, 0.4) is 0 Å². The van der Waals surface area contributed by atoms with Crippen molar-refractivity contribution >= 4 is 17.5 Å². The molecule has 21 heavy (non-hydrogen) atoms. The van der Waals surface area contributed by atoms with Gasteiger partial charge in [-0.3, -0.25) is 4.79 Å². The summed E-state index contributed by atoms with van der Waals surface area (Å²) in [4.78, 5) is 19.3. The van der Waals surface area contributed by atoms with Crippen LogP contribution in [-0.4, -0.2) is 47.2 Å². The molecule has 0 aliphatic carbocycles. The van der Waals surface area contributed by atoms with Crippen LogP contribution in [0.15, 0.2) is 0 Å². The molecule has 1 aliphatic rings. The standard InChI is InChI=1S/C14H23ClN4O2/c1-4-9-12(15)19-13(17-9)14(20)18-10-5-6-16-7-11(10)21-8(2)3/h8,10-11,16H,4-7H2,1-3H3,(H,17,19)(H,18,20)/t10-,11+/m1/s1. The molecule has 0 unspecified atom stereocenters. The van der Waals surface area contributed by atoms with E-state index in [1.165, 1.54) is 0 Å². The lowest BCUT2D eigenvalue weighted by Crippen LogP contribution is -2.54. The molecule has 0 spiro atoms. The first-order valence-electron chi connectivity index (χ1n) is 7.42. The van der Waals surface area contributed by atoms with E-state index in [1.807, 2.05) is 20.8 Å². The highest BCUT2D eigenvalue weighted by Crippen LogP contribution is 2.15. The number of ether oxygens (including phenoxy) is 1. The first-order chi connectivity index (χ1) is 10.0. The molecule has 2 atom stereocenters. The molecule has 1 aromatic heterocycles. The number of piperidine rings is 1. The van der Waals surface area contributed by atoms with Crippen molar-refractivity contribution in [1.29, 1.82) is 0 Å². The summed E-state index contributed by atoms with van der Waals surface area (Å²) in [5.41, 5.74) is 0.780. The predicted octanol–water partition coefficient (Wildman–Crippen LogP) is 1.51. The van der Waals surface area contributed by atoms with Crippen molar-refractivity contribution in [2.24, 2.45) is 0 Å². The molecule has 1 fully saturated rings. The summed E-state index contributed by atoms with van der Waals surface area (Å²) in [6, 6.07) is -0.0184. The molecular formula is C14H23ClN4O2. The van der Waals surface area contributed by atoms with Gasteiger partial charge in [-0.2, -0.15) is 0 Å². The van der Waals surface area contributed by atoms with Gasteiger partial charge >= 0.3 is 0 Å². The molecule has 1 amide bonds. The number of aryl methyl sites for hydroxylation is 1. The van der Waals surface area contributed by atoms with Gasteiger partial charge < -0.3 is 20.4 Å². The average Bonchev–Trinajstić information content (AvgIpc) is 2.81. The number of imidazole rings is 1. The van der Waals surface area contributed by atoms with Crippen molar-refractivity contribution < 1.29 is 9.53 Å². The van der Waals surface area contributed by atoms with Crippen LogP contribution in [0.25, 0.3) is 0 Å². The predicted molar refractivity (Wildman–Crippen MR) is 81.7 cm³/mol. The van der Waals surface area contributed by atoms with Gasteiger partial charge in [-0.25, -0.2) is 4.98 Å². The van der Waals surface area contributed by atoms with Crippen molar-refractivity contribution in [3.05, 3.63) is 16.7 Å². The van der Waals surface area contributed by atoms with E-state index < -0.39 is 0 Å². The van der Waals surface area contributed by atoms with Gasteiger partial charge in [0, 0.05) is 6.54 Å². The smallest absolute Gasteiger partial charge is 0.287 e. The second-order valence-electron chi connectivity index (χ2n) is 5.50. The molecule has 7 heteroatoms. The van der Waals surface area contributed by atoms with Crippen LogP contribution in [0.1, 0.15) is 43.5 Å². The fourth-order valence-electron chi connectivity index (χ4n) is 2.45. The van der Waals surface area contributed by atoms with Crippen molar-refractivity contribution in [3.8, 4) is 0 Å². The van der Waals surface area contributed by atoms with Gasteiger partial charge in [-0.15, -0.1) is 0 Å². The maximum atomic E-state index is 12.3. The molecule has 3 N–H and O–H groups in total. The van der Waals surface area contributed by atoms with Crippen LogP contribution < -0.4 is 10.6 Å². The number of rotatable bonds is 5. The highest BCUT2D eigenvalue weighted by Gasteiger charge is 2.29. The van der Waals surface area contributed by atoms with Gasteiger partial charge in [0.25, 0.3) is 5.91 Å². The number of nitrogens with zero attached hydrogens (tertiary/aromatic N) is 1. The maximum absolute atomic E-state index is 12.3. The van der Waals surface area contributed by atoms with Crippen LogP contribution in [0.4, 0.5) is 0 Å². The molecule has 0 saturated carbocycles. The fraction of sp³-hybridized carbons (Fsp3) is 0.714. The Hall–Kier alpha value is -1.11. The van der Waals surface area contributed by atoms with Gasteiger partial charge in [0.1, 0.15) is 0 Å². The Balaban J connectivity index is 2.02. The molecule has 0 radical (unpaired) electrons. The second-order valence-corrected chi connectivity index (χ2v) is 5.86. The maximum Gasteiger partial charge on any atom is 0.287 e. The molecule has 0 aromatic carbocycles. The van der Waals surface area contributed by atoms with E-state index in [9.17, 15) is 4.79 Å². The summed E-state index contributed by atoms with van der Waals surface area (Å²) in [5.74, 6) is 0.0273. The zero-order chi connectivity index (χ0) is 15.4. The zero-order valence-corrected chi connectivity index (χ0v) is 13.5. The topological polar surface area (TPSA) is 79.0 Å². The minimum absolute atomic E-state index is 0.0184. The van der Waals surface area contributed by atoms with Crippen LogP contribution in [0, 0.1) is 0 Å². The van der Waals surface area contributed by atoms with Crippen molar-refractivity contribution in [1.82, 2.24) is 20.6 Å². The number of hydrogen-bond acceptors (Lipinski definition) is 4. The summed E-state index contributed by atoms with van der Waals surface area (Å²) in [7, 11) is 0. The van der Waals surface area contributed by atoms with E-state index in [1.54, 1.807) is 0 Å². The number of carbonyl (C=O) groups is 1. The van der Waals surface area contributed by atoms with Gasteiger partial charge in [-0.05, 0) is 33.2 Å². The van der Waals surface area contributed by atoms with E-state index in [0.717, 1.165) is 25.2 Å². The highest BCUT2D eigenvalue weighted by molar-refractivity contribution is 6.30. The first-order valence-corrected chi connectivity index (χ1v) is 7.80. The van der Waals surface area contributed by atoms with Crippen LogP contribution in [0.5, 0.6) is 0 Å². The summed E-state index contributed by atoms with van der Waals surface area (Å²) in [5, 5.41) is 6.65. The second kappa shape index (κ2) is 7.24. The molecule has 2 heterocycles. The molecule has 6 nitrogen and oxygen atoms in total. The SMILES string of the molecule is CCc1[nH]c(C(=O)N[C@@H]2CCNC[C@@H]2OC(C)C)nc1Cl. The van der Waals surface area contributed by atoms with Crippen LogP contribution in [0.2, 0.25) is 5.15 Å². The third-order valence-electron chi connectivity index (χ3n) is 3.49. The van der Waals surface area contributed by atoms with E-state index in [2.05, 4.69) is 20.6 Å². The van der Waals surface area contributed by atoms with E-state index in [4.69, 9.17) is 16.3 Å². The first kappa shape index (κ1) is 16.3. The minimum atomic E-state index is -0.235. The zero-order valence-electron chi connectivity index (χ0n) is 12.7. The summed E-state index contributed by atoms with van der Waals surface area (Å²) in [6.07, 6.45) is 1.64. The van der Waals surface area contributed by atoms with E-state index >= 15 is 0 Å². The molecule has 1 saturated heterocycles. The Morgan fingerprint density at radius 2 is 2.33 bits per heavy atom. The normalized spacial score (nSPS) is 22.5. The summed E-state index contributed by atoms with van der Waals surface area (Å²) < 4.78 is 5.86. The Kier molecular flexibility index (Phi) is 5.61. The van der Waals surface area contributed by atoms with Gasteiger partial charge in [0.05, 0.1) is 23.9 Å². The van der Waals surface area contributed by atoms with Gasteiger partial charge in [0.2, 0.25) is 0 Å². The number of amides is 1. The largest absolute Gasteiger partial charge is 0.372 e. The fourth-order valence-corrected chi connectivity index (χ4v) is 2.72. The van der Waals surface area contributed by atoms with Crippen LogP contribution in [-0.2, 0) is 11.2 Å². The van der Waals surface area contributed by atoms with E-state index in [-0.39, 0.29) is 30.0 Å². The third-order valence-corrected chi connectivity index (χ3v) is 3.80. The molecule has 118 valence electrons. The van der Waals surface area contributed by atoms with Crippen molar-refractivity contribution in [3.63, 3.8) is 0 Å². The quantitative estimate of drug-likeness (QED) is 0.770. The number of aromatic nitrogens is 2. The third kappa shape index (κ3) is 4.18. The van der Waals surface area contributed by atoms with Crippen molar-refractivity contribution in [2.75, 3.05) is 13.1 Å². The Morgan fingerprint density at radius 1 is 1.57 bits per heavy atom. The highest BCUT2D eigenvalue weighted by atomic mass is 35.5. The molecular weight excluding hydrogens is 292 g/mol. The lowest BCUT2D eigenvalue weighted by atomic mass is 10.0. The number of halogens is 1. The molecule has 1 aromatic rings. The Labute approximate surface area is 130 Å². The Bertz CT molecular complexity index is 489.